The minimum Gasteiger partial charge on any atom is -0.475 e. The van der Waals surface area contributed by atoms with Crippen LogP contribution in [0.2, 0.25) is 0 Å². The highest BCUT2D eigenvalue weighted by molar-refractivity contribution is 6.05. The van der Waals surface area contributed by atoms with Crippen molar-refractivity contribution in [1.82, 2.24) is 9.97 Å². The largest absolute Gasteiger partial charge is 0.475 e. The molecule has 0 N–H and O–H groups in total. The number of rotatable bonds is 7. The van der Waals surface area contributed by atoms with E-state index < -0.39 is 0 Å². The molecule has 2 aromatic heterocycles. The van der Waals surface area contributed by atoms with Gasteiger partial charge >= 0.3 is 0 Å². The molecule has 0 bridgehead atoms. The van der Waals surface area contributed by atoms with Gasteiger partial charge in [0, 0.05) is 12.4 Å². The van der Waals surface area contributed by atoms with Gasteiger partial charge in [0.1, 0.15) is 24.6 Å². The van der Waals surface area contributed by atoms with Gasteiger partial charge in [0.15, 0.2) is 0 Å². The lowest BCUT2D eigenvalue weighted by Gasteiger charge is -2.11. The predicted molar refractivity (Wildman–Crippen MR) is 140 cm³/mol. The monoisotopic (exact) mass is 474 g/mol. The van der Waals surface area contributed by atoms with Gasteiger partial charge in [-0.05, 0) is 48.2 Å². The molecule has 0 saturated carbocycles. The van der Waals surface area contributed by atoms with Gasteiger partial charge in [0.25, 0.3) is 0 Å². The second-order valence-corrected chi connectivity index (χ2v) is 8.98. The minimum atomic E-state index is 0.0694. The maximum Gasteiger partial charge on any atom is 0.218 e. The van der Waals surface area contributed by atoms with Gasteiger partial charge in [-0.25, -0.2) is 9.98 Å². The zero-order valence-electron chi connectivity index (χ0n) is 19.8. The van der Waals surface area contributed by atoms with Gasteiger partial charge in [-0.2, -0.15) is 0 Å². The van der Waals surface area contributed by atoms with Gasteiger partial charge in [-0.1, -0.05) is 60.7 Å². The van der Waals surface area contributed by atoms with E-state index in [4.69, 9.17) is 19.5 Å². The topological polar surface area (TPSA) is 69.0 Å². The molecule has 0 saturated heterocycles. The van der Waals surface area contributed by atoms with E-state index in [1.165, 1.54) is 11.1 Å². The smallest absolute Gasteiger partial charge is 0.218 e. The number of aliphatic imine (C=N–C) groups is 2. The molecule has 0 aliphatic carbocycles. The molecule has 0 unspecified atom stereocenters. The van der Waals surface area contributed by atoms with E-state index in [1.54, 1.807) is 12.4 Å². The number of benzene rings is 2. The van der Waals surface area contributed by atoms with E-state index in [2.05, 4.69) is 58.5 Å². The molecule has 36 heavy (non-hydrogen) atoms. The molecular formula is C30H26N4O2. The third-order valence-electron chi connectivity index (χ3n) is 6.35. The maximum absolute atomic E-state index is 6.06. The Labute approximate surface area is 210 Å². The average Bonchev–Trinajstić information content (AvgIpc) is 3.60. The zero-order chi connectivity index (χ0) is 24.2. The van der Waals surface area contributed by atoms with Crippen molar-refractivity contribution in [2.75, 3.05) is 13.2 Å². The Morgan fingerprint density at radius 1 is 0.556 bits per heavy atom. The van der Waals surface area contributed by atoms with Crippen molar-refractivity contribution in [3.63, 3.8) is 0 Å². The van der Waals surface area contributed by atoms with Crippen LogP contribution in [0.4, 0.5) is 0 Å². The van der Waals surface area contributed by atoms with Crippen LogP contribution in [0.15, 0.2) is 107 Å². The van der Waals surface area contributed by atoms with Gasteiger partial charge in [-0.3, -0.25) is 9.97 Å². The highest BCUT2D eigenvalue weighted by Crippen LogP contribution is 2.28. The quantitative estimate of drug-likeness (QED) is 0.381. The van der Waals surface area contributed by atoms with Gasteiger partial charge < -0.3 is 9.47 Å². The Kier molecular flexibility index (Phi) is 6.23. The van der Waals surface area contributed by atoms with Crippen LogP contribution in [0.5, 0.6) is 0 Å². The normalized spacial score (nSPS) is 18.8. The molecule has 0 amide bonds. The molecule has 2 atom stereocenters. The van der Waals surface area contributed by atoms with Crippen molar-refractivity contribution >= 4 is 11.8 Å². The number of aromatic nitrogens is 2. The Balaban J connectivity index is 1.29. The first-order chi connectivity index (χ1) is 17.8. The first kappa shape index (κ1) is 22.2. The van der Waals surface area contributed by atoms with Crippen LogP contribution < -0.4 is 0 Å². The van der Waals surface area contributed by atoms with Crippen molar-refractivity contribution in [1.29, 1.82) is 0 Å². The zero-order valence-corrected chi connectivity index (χ0v) is 19.8. The SMILES string of the molecule is c1ccc(C[C@H]2COC(c3cccnc3-c3ncccc3C3=N[C@@H](Cc4ccccc4)CO3)=N2)cc1. The Bertz CT molecular complexity index is 1290. The summed E-state index contributed by atoms with van der Waals surface area (Å²) >= 11 is 0. The number of nitrogens with zero attached hydrogens (tertiary/aromatic N) is 4. The molecule has 6 heteroatoms. The molecule has 0 radical (unpaired) electrons. The number of hydrogen-bond acceptors (Lipinski definition) is 6. The fourth-order valence-electron chi connectivity index (χ4n) is 4.64. The lowest BCUT2D eigenvalue weighted by Crippen LogP contribution is -2.10. The van der Waals surface area contributed by atoms with E-state index in [0.29, 0.717) is 36.4 Å². The summed E-state index contributed by atoms with van der Waals surface area (Å²) in [5.74, 6) is 1.21. The summed E-state index contributed by atoms with van der Waals surface area (Å²) in [6, 6.07) is 28.7. The molecule has 2 aliphatic heterocycles. The van der Waals surface area contributed by atoms with Crippen LogP contribution in [0.1, 0.15) is 22.3 Å². The Morgan fingerprint density at radius 3 is 1.44 bits per heavy atom. The minimum absolute atomic E-state index is 0.0694. The summed E-state index contributed by atoms with van der Waals surface area (Å²) in [6.45, 7) is 1.09. The Hall–Kier alpha value is -4.32. The van der Waals surface area contributed by atoms with Crippen molar-refractivity contribution in [3.05, 3.63) is 120 Å². The highest BCUT2D eigenvalue weighted by atomic mass is 16.5. The molecule has 6 nitrogen and oxygen atoms in total. The molecule has 4 aromatic rings. The van der Waals surface area contributed by atoms with Crippen molar-refractivity contribution in [2.45, 2.75) is 24.9 Å². The van der Waals surface area contributed by atoms with Crippen LogP contribution in [0, 0.1) is 0 Å². The first-order valence-corrected chi connectivity index (χ1v) is 12.2. The second-order valence-electron chi connectivity index (χ2n) is 8.98. The van der Waals surface area contributed by atoms with E-state index >= 15 is 0 Å². The predicted octanol–water partition coefficient (Wildman–Crippen LogP) is 4.92. The van der Waals surface area contributed by atoms with E-state index in [-0.39, 0.29) is 12.1 Å². The maximum atomic E-state index is 6.06. The van der Waals surface area contributed by atoms with Gasteiger partial charge in [-0.15, -0.1) is 0 Å². The lowest BCUT2D eigenvalue weighted by atomic mass is 10.1. The van der Waals surface area contributed by atoms with Crippen LogP contribution >= 0.6 is 0 Å². The third-order valence-corrected chi connectivity index (χ3v) is 6.35. The molecule has 6 rings (SSSR count). The molecule has 178 valence electrons. The van der Waals surface area contributed by atoms with Gasteiger partial charge in [0.2, 0.25) is 11.8 Å². The lowest BCUT2D eigenvalue weighted by molar-refractivity contribution is 0.316. The fourth-order valence-corrected chi connectivity index (χ4v) is 4.64. The summed E-state index contributed by atoms with van der Waals surface area (Å²) in [4.78, 5) is 19.2. The molecule has 0 fully saturated rings. The molecular weight excluding hydrogens is 448 g/mol. The van der Waals surface area contributed by atoms with Crippen LogP contribution in [0.25, 0.3) is 11.4 Å². The van der Waals surface area contributed by atoms with Crippen LogP contribution in [-0.4, -0.2) is 47.1 Å². The first-order valence-electron chi connectivity index (χ1n) is 12.2. The van der Waals surface area contributed by atoms with E-state index in [9.17, 15) is 0 Å². The van der Waals surface area contributed by atoms with Crippen LogP contribution in [0.3, 0.4) is 0 Å². The number of ether oxygens (including phenoxy) is 2. The second kappa shape index (κ2) is 10.1. The summed E-state index contributed by atoms with van der Waals surface area (Å²) in [5.41, 5.74) is 5.57. The molecule has 2 aromatic carbocycles. The Morgan fingerprint density at radius 2 is 1.00 bits per heavy atom. The summed E-state index contributed by atoms with van der Waals surface area (Å²) < 4.78 is 12.1. The third kappa shape index (κ3) is 4.75. The van der Waals surface area contributed by atoms with Crippen LogP contribution in [-0.2, 0) is 22.3 Å². The average molecular weight is 475 g/mol. The molecule has 4 heterocycles. The highest BCUT2D eigenvalue weighted by Gasteiger charge is 2.27. The van der Waals surface area contributed by atoms with Crippen molar-refractivity contribution in [3.8, 4) is 11.4 Å². The van der Waals surface area contributed by atoms with E-state index in [0.717, 1.165) is 24.0 Å². The number of pyridine rings is 2. The van der Waals surface area contributed by atoms with Gasteiger partial charge in [0.05, 0.1) is 23.2 Å². The molecule has 2 aliphatic rings. The van der Waals surface area contributed by atoms with Crippen molar-refractivity contribution < 1.29 is 9.47 Å². The summed E-state index contributed by atoms with van der Waals surface area (Å²) in [5, 5.41) is 0. The fraction of sp³-hybridized carbons (Fsp3) is 0.200. The summed E-state index contributed by atoms with van der Waals surface area (Å²) in [6.07, 6.45) is 5.21. The standard InChI is InChI=1S/C30H26N4O2/c1-3-9-21(10-4-1)17-23-19-35-29(33-23)25-13-7-15-31-27(25)28-26(14-8-16-32-28)30-34-24(20-36-30)18-22-11-5-2-6-12-22/h1-16,23-24H,17-20H2/t23-,24-/m0/s1. The van der Waals surface area contributed by atoms with Crippen molar-refractivity contribution in [2.24, 2.45) is 9.98 Å². The number of hydrogen-bond donors (Lipinski definition) is 0. The molecule has 0 spiro atoms. The van der Waals surface area contributed by atoms with E-state index in [1.807, 2.05) is 36.4 Å². The summed E-state index contributed by atoms with van der Waals surface area (Å²) in [7, 11) is 0.